The molecule has 1 atom stereocenters. The highest BCUT2D eigenvalue weighted by Gasteiger charge is 2.28. The Kier molecular flexibility index (Phi) is 6.48. The number of aliphatic hydroxyl groups is 1. The van der Waals surface area contributed by atoms with Crippen LogP contribution in [-0.4, -0.2) is 42.5 Å². The second-order valence-corrected chi connectivity index (χ2v) is 4.13. The van der Waals surface area contributed by atoms with Gasteiger partial charge in [0.1, 0.15) is 13.2 Å². The van der Waals surface area contributed by atoms with Gasteiger partial charge in [0.05, 0.1) is 5.60 Å². The minimum atomic E-state index is -4.44. The number of halogens is 3. The number of nitrogens with one attached hydrogen (secondary N) is 1. The molecule has 2 N–H and O–H groups in total. The lowest BCUT2D eigenvalue weighted by Crippen LogP contribution is -2.42. The molecule has 17 heavy (non-hydrogen) atoms. The van der Waals surface area contributed by atoms with E-state index in [-0.39, 0.29) is 6.54 Å². The van der Waals surface area contributed by atoms with Crippen LogP contribution < -0.4 is 5.32 Å². The van der Waals surface area contributed by atoms with E-state index in [1.807, 2.05) is 6.92 Å². The van der Waals surface area contributed by atoms with Crippen molar-refractivity contribution < 1.29 is 27.8 Å². The van der Waals surface area contributed by atoms with Crippen LogP contribution in [0.4, 0.5) is 13.2 Å². The third-order valence-corrected chi connectivity index (χ3v) is 1.95. The van der Waals surface area contributed by atoms with Gasteiger partial charge in [0.15, 0.2) is 0 Å². The maximum atomic E-state index is 11.7. The smallest absolute Gasteiger partial charge is 0.388 e. The molecule has 0 radical (unpaired) electrons. The van der Waals surface area contributed by atoms with Gasteiger partial charge in [0.2, 0.25) is 5.91 Å². The molecule has 4 nitrogen and oxygen atoms in total. The van der Waals surface area contributed by atoms with Gasteiger partial charge in [-0.2, -0.15) is 13.2 Å². The Morgan fingerprint density at radius 2 is 2.00 bits per heavy atom. The Labute approximate surface area is 98.1 Å². The average molecular weight is 257 g/mol. The molecule has 0 aromatic heterocycles. The molecule has 0 aliphatic heterocycles. The number of hydrogen-bond donors (Lipinski definition) is 2. The molecule has 0 fully saturated rings. The summed E-state index contributed by atoms with van der Waals surface area (Å²) in [6, 6.07) is 0. The second-order valence-electron chi connectivity index (χ2n) is 4.13. The summed E-state index contributed by atoms with van der Waals surface area (Å²) >= 11 is 0. The molecule has 0 saturated heterocycles. The summed E-state index contributed by atoms with van der Waals surface area (Å²) in [7, 11) is 0. The van der Waals surface area contributed by atoms with Gasteiger partial charge in [-0.15, -0.1) is 0 Å². The molecular formula is C10H18F3NO3. The predicted octanol–water partition coefficient (Wildman–Crippen LogP) is 1.23. The normalized spacial score (nSPS) is 15.4. The van der Waals surface area contributed by atoms with Crippen molar-refractivity contribution in [3.05, 3.63) is 0 Å². The largest absolute Gasteiger partial charge is 0.411 e. The zero-order chi connectivity index (χ0) is 13.5. The molecule has 0 bridgehead atoms. The van der Waals surface area contributed by atoms with Crippen molar-refractivity contribution in [3.8, 4) is 0 Å². The maximum Gasteiger partial charge on any atom is 0.411 e. The summed E-state index contributed by atoms with van der Waals surface area (Å²) < 4.78 is 39.2. The van der Waals surface area contributed by atoms with Crippen LogP contribution >= 0.6 is 0 Å². The lowest BCUT2D eigenvalue weighted by Gasteiger charge is -2.22. The minimum absolute atomic E-state index is 0.00491. The quantitative estimate of drug-likeness (QED) is 0.721. The highest BCUT2D eigenvalue weighted by Crippen LogP contribution is 2.14. The van der Waals surface area contributed by atoms with Crippen molar-refractivity contribution in [2.45, 2.75) is 38.5 Å². The first kappa shape index (κ1) is 16.2. The van der Waals surface area contributed by atoms with Crippen LogP contribution in [0, 0.1) is 0 Å². The molecule has 0 spiro atoms. The zero-order valence-electron chi connectivity index (χ0n) is 9.93. The highest BCUT2D eigenvalue weighted by molar-refractivity contribution is 5.77. The van der Waals surface area contributed by atoms with Gasteiger partial charge in [-0.3, -0.25) is 4.79 Å². The summed E-state index contributed by atoms with van der Waals surface area (Å²) in [5.41, 5.74) is -1.05. The predicted molar refractivity (Wildman–Crippen MR) is 55.4 cm³/mol. The van der Waals surface area contributed by atoms with Gasteiger partial charge in [0, 0.05) is 6.54 Å². The van der Waals surface area contributed by atoms with E-state index < -0.39 is 30.9 Å². The van der Waals surface area contributed by atoms with Crippen molar-refractivity contribution in [2.75, 3.05) is 19.8 Å². The molecule has 102 valence electrons. The number of amides is 1. The van der Waals surface area contributed by atoms with Crippen molar-refractivity contribution in [1.82, 2.24) is 5.32 Å². The average Bonchev–Trinajstić information content (AvgIpc) is 2.13. The van der Waals surface area contributed by atoms with Gasteiger partial charge in [-0.25, -0.2) is 0 Å². The summed E-state index contributed by atoms with van der Waals surface area (Å²) in [5, 5.41) is 12.0. The monoisotopic (exact) mass is 257 g/mol. The molecule has 0 rings (SSSR count). The van der Waals surface area contributed by atoms with Crippen molar-refractivity contribution in [3.63, 3.8) is 0 Å². The Hall–Kier alpha value is -0.820. The van der Waals surface area contributed by atoms with Gasteiger partial charge >= 0.3 is 6.18 Å². The van der Waals surface area contributed by atoms with Crippen LogP contribution in [0.25, 0.3) is 0 Å². The molecular weight excluding hydrogens is 239 g/mol. The van der Waals surface area contributed by atoms with E-state index in [1.54, 1.807) is 6.92 Å². The lowest BCUT2D eigenvalue weighted by molar-refractivity contribution is -0.175. The molecule has 0 heterocycles. The summed E-state index contributed by atoms with van der Waals surface area (Å²) in [5.74, 6) is -0.675. The van der Waals surface area contributed by atoms with Gasteiger partial charge < -0.3 is 15.2 Å². The third-order valence-electron chi connectivity index (χ3n) is 1.95. The summed E-state index contributed by atoms with van der Waals surface area (Å²) in [4.78, 5) is 11.1. The lowest BCUT2D eigenvalue weighted by atomic mass is 10.0. The fourth-order valence-corrected chi connectivity index (χ4v) is 1.23. The molecule has 7 heteroatoms. The highest BCUT2D eigenvalue weighted by atomic mass is 19.4. The second kappa shape index (κ2) is 6.80. The molecule has 1 unspecified atom stereocenters. The van der Waals surface area contributed by atoms with E-state index in [4.69, 9.17) is 0 Å². The first-order valence-corrected chi connectivity index (χ1v) is 5.30. The van der Waals surface area contributed by atoms with Crippen molar-refractivity contribution >= 4 is 5.91 Å². The summed E-state index contributed by atoms with van der Waals surface area (Å²) in [6.45, 7) is 1.30. The number of carbonyl (C=O) groups is 1. The number of carbonyl (C=O) groups excluding carboxylic acids is 1. The molecule has 1 amide bonds. The fraction of sp³-hybridized carbons (Fsp3) is 0.900. The van der Waals surface area contributed by atoms with Crippen LogP contribution in [0.15, 0.2) is 0 Å². The fourth-order valence-electron chi connectivity index (χ4n) is 1.23. The molecule has 0 aliphatic carbocycles. The molecule has 0 aromatic rings. The molecule has 0 aliphatic rings. The van der Waals surface area contributed by atoms with Crippen LogP contribution in [-0.2, 0) is 9.53 Å². The van der Waals surface area contributed by atoms with Gasteiger partial charge in [-0.05, 0) is 13.3 Å². The Balaban J connectivity index is 3.73. The van der Waals surface area contributed by atoms with E-state index in [0.717, 1.165) is 6.42 Å². The topological polar surface area (TPSA) is 58.6 Å². The van der Waals surface area contributed by atoms with E-state index >= 15 is 0 Å². The van der Waals surface area contributed by atoms with E-state index in [2.05, 4.69) is 10.1 Å². The number of rotatable bonds is 7. The first-order valence-electron chi connectivity index (χ1n) is 5.30. The van der Waals surface area contributed by atoms with Crippen LogP contribution in [0.2, 0.25) is 0 Å². The van der Waals surface area contributed by atoms with Crippen LogP contribution in [0.1, 0.15) is 26.7 Å². The van der Waals surface area contributed by atoms with Crippen LogP contribution in [0.3, 0.4) is 0 Å². The summed E-state index contributed by atoms with van der Waals surface area (Å²) in [6.07, 6.45) is -3.20. The first-order chi connectivity index (χ1) is 7.66. The van der Waals surface area contributed by atoms with Gasteiger partial charge in [0.25, 0.3) is 0 Å². The Morgan fingerprint density at radius 3 is 2.47 bits per heavy atom. The maximum absolute atomic E-state index is 11.7. The van der Waals surface area contributed by atoms with Crippen molar-refractivity contribution in [1.29, 1.82) is 0 Å². The van der Waals surface area contributed by atoms with Crippen molar-refractivity contribution in [2.24, 2.45) is 0 Å². The molecule has 0 saturated carbocycles. The van der Waals surface area contributed by atoms with E-state index in [0.29, 0.717) is 6.42 Å². The number of ether oxygens (including phenoxy) is 1. The van der Waals surface area contributed by atoms with Gasteiger partial charge in [-0.1, -0.05) is 13.3 Å². The molecule has 0 aromatic carbocycles. The SMILES string of the molecule is CCCC(C)(O)CNC(=O)COCC(F)(F)F. The zero-order valence-corrected chi connectivity index (χ0v) is 9.93. The van der Waals surface area contributed by atoms with Crippen LogP contribution in [0.5, 0.6) is 0 Å². The standard InChI is InChI=1S/C10H18F3NO3/c1-3-4-9(2,16)6-14-8(15)5-17-7-10(11,12)13/h16H,3-7H2,1-2H3,(H,14,15). The number of hydrogen-bond acceptors (Lipinski definition) is 3. The Morgan fingerprint density at radius 1 is 1.41 bits per heavy atom. The van der Waals surface area contributed by atoms with E-state index in [1.165, 1.54) is 0 Å². The third kappa shape index (κ3) is 10.1. The van der Waals surface area contributed by atoms with E-state index in [9.17, 15) is 23.1 Å². The Bertz CT molecular complexity index is 241. The minimum Gasteiger partial charge on any atom is -0.388 e. The number of alkyl halides is 3.